The molecule has 0 saturated heterocycles. The number of hydrogen-bond donors (Lipinski definition) is 2. The zero-order valence-corrected chi connectivity index (χ0v) is 13.9. The molecule has 1 aromatic carbocycles. The molecule has 4 nitrogen and oxygen atoms in total. The number of anilines is 2. The molecule has 0 fully saturated rings. The Labute approximate surface area is 138 Å². The predicted molar refractivity (Wildman–Crippen MR) is 92.4 cm³/mol. The van der Waals surface area contributed by atoms with Crippen LogP contribution < -0.4 is 11.1 Å². The fourth-order valence-electron chi connectivity index (χ4n) is 2.65. The number of thiophene rings is 1. The lowest BCUT2D eigenvalue weighted by Gasteiger charge is -2.31. The van der Waals surface area contributed by atoms with E-state index in [0.717, 1.165) is 19.5 Å². The van der Waals surface area contributed by atoms with E-state index < -0.39 is 0 Å². The van der Waals surface area contributed by atoms with E-state index in [-0.39, 0.29) is 11.9 Å². The van der Waals surface area contributed by atoms with E-state index in [0.29, 0.717) is 16.4 Å². The number of nitrogen functional groups attached to an aromatic ring is 1. The van der Waals surface area contributed by atoms with Crippen molar-refractivity contribution < 1.29 is 4.79 Å². The van der Waals surface area contributed by atoms with Gasteiger partial charge >= 0.3 is 0 Å². The summed E-state index contributed by atoms with van der Waals surface area (Å²) in [5, 5.41) is 5.57. The highest BCUT2D eigenvalue weighted by atomic mass is 35.5. The second-order valence-corrected chi connectivity index (χ2v) is 6.92. The topological polar surface area (TPSA) is 58.4 Å². The highest BCUT2D eigenvalue weighted by Gasteiger charge is 2.26. The maximum absolute atomic E-state index is 12.5. The molecule has 2 heterocycles. The quantitative estimate of drug-likeness (QED) is 0.845. The molecule has 1 atom stereocenters. The van der Waals surface area contributed by atoms with Crippen LogP contribution in [0.1, 0.15) is 17.4 Å². The molecule has 0 aliphatic carbocycles. The number of fused-ring (bicyclic) bond motifs is 1. The lowest BCUT2D eigenvalue weighted by molar-refractivity contribution is -0.121. The smallest absolute Gasteiger partial charge is 0.241 e. The Hall–Kier alpha value is -1.56. The number of nitrogens with zero attached hydrogens (tertiary/aromatic N) is 1. The van der Waals surface area contributed by atoms with Crippen molar-refractivity contribution in [1.82, 2.24) is 4.90 Å². The highest BCUT2D eigenvalue weighted by Crippen LogP contribution is 2.26. The maximum Gasteiger partial charge on any atom is 0.241 e. The summed E-state index contributed by atoms with van der Waals surface area (Å²) in [5.41, 5.74) is 8.31. The van der Waals surface area contributed by atoms with Gasteiger partial charge in [0.25, 0.3) is 0 Å². The van der Waals surface area contributed by atoms with Crippen LogP contribution in [0.25, 0.3) is 0 Å². The number of nitrogens with one attached hydrogen (secondary N) is 1. The molecule has 0 bridgehead atoms. The molecule has 1 aliphatic rings. The fraction of sp³-hybridized carbons (Fsp3) is 0.312. The summed E-state index contributed by atoms with van der Waals surface area (Å²) in [6, 6.07) is 7.03. The largest absolute Gasteiger partial charge is 0.397 e. The molecule has 3 rings (SSSR count). The van der Waals surface area contributed by atoms with E-state index in [9.17, 15) is 4.79 Å². The van der Waals surface area contributed by atoms with Crippen molar-refractivity contribution in [2.45, 2.75) is 25.9 Å². The van der Waals surface area contributed by atoms with Crippen LogP contribution in [0.5, 0.6) is 0 Å². The molecule has 116 valence electrons. The van der Waals surface area contributed by atoms with Gasteiger partial charge in [0.2, 0.25) is 5.91 Å². The third-order valence-electron chi connectivity index (χ3n) is 4.04. The van der Waals surface area contributed by atoms with E-state index in [2.05, 4.69) is 21.7 Å². The SMILES string of the molecule is CC(C(=O)Nc1ccc(Cl)cc1N)N1CCc2sccc2C1. The molecule has 0 spiro atoms. The van der Waals surface area contributed by atoms with Gasteiger partial charge in [-0.2, -0.15) is 0 Å². The van der Waals surface area contributed by atoms with Gasteiger partial charge in [-0.1, -0.05) is 11.6 Å². The Balaban J connectivity index is 1.67. The summed E-state index contributed by atoms with van der Waals surface area (Å²) >= 11 is 7.67. The van der Waals surface area contributed by atoms with Gasteiger partial charge in [0.1, 0.15) is 0 Å². The molecule has 2 aromatic rings. The van der Waals surface area contributed by atoms with Crippen LogP contribution in [0, 0.1) is 0 Å². The van der Waals surface area contributed by atoms with Crippen molar-refractivity contribution in [3.8, 4) is 0 Å². The van der Waals surface area contributed by atoms with Crippen LogP contribution in [0.3, 0.4) is 0 Å². The van der Waals surface area contributed by atoms with Gasteiger partial charge < -0.3 is 11.1 Å². The third kappa shape index (κ3) is 3.11. The Morgan fingerprint density at radius 1 is 1.45 bits per heavy atom. The van der Waals surface area contributed by atoms with Crippen molar-refractivity contribution in [2.24, 2.45) is 0 Å². The Morgan fingerprint density at radius 2 is 2.27 bits per heavy atom. The summed E-state index contributed by atoms with van der Waals surface area (Å²) in [6.07, 6.45) is 1.01. The Morgan fingerprint density at radius 3 is 3.05 bits per heavy atom. The number of benzene rings is 1. The standard InChI is InChI=1S/C16H18ClN3OS/c1-10(20-6-4-15-11(9-20)5-7-22-15)16(21)19-14-3-2-12(17)8-13(14)18/h2-3,5,7-8,10H,4,6,9,18H2,1H3,(H,19,21). The average molecular weight is 336 g/mol. The minimum absolute atomic E-state index is 0.0484. The van der Waals surface area contributed by atoms with E-state index in [1.54, 1.807) is 29.5 Å². The molecule has 6 heteroatoms. The number of hydrogen-bond acceptors (Lipinski definition) is 4. The van der Waals surface area contributed by atoms with Crippen molar-refractivity contribution in [2.75, 3.05) is 17.6 Å². The molecule has 22 heavy (non-hydrogen) atoms. The molecular weight excluding hydrogens is 318 g/mol. The first-order valence-electron chi connectivity index (χ1n) is 7.20. The molecule has 3 N–H and O–H groups in total. The molecule has 0 radical (unpaired) electrons. The van der Waals surface area contributed by atoms with Crippen molar-refractivity contribution in [3.05, 3.63) is 45.1 Å². The number of amides is 1. The molecule has 1 aliphatic heterocycles. The minimum Gasteiger partial charge on any atom is -0.397 e. The van der Waals surface area contributed by atoms with Crippen LogP contribution in [-0.4, -0.2) is 23.4 Å². The van der Waals surface area contributed by atoms with Crippen LogP contribution in [0.4, 0.5) is 11.4 Å². The molecule has 1 amide bonds. The van der Waals surface area contributed by atoms with E-state index >= 15 is 0 Å². The molecule has 0 saturated carbocycles. The van der Waals surface area contributed by atoms with Gasteiger partial charge in [-0.15, -0.1) is 11.3 Å². The Kier molecular flexibility index (Phi) is 4.38. The maximum atomic E-state index is 12.5. The summed E-state index contributed by atoms with van der Waals surface area (Å²) in [4.78, 5) is 16.1. The molecular formula is C16H18ClN3OS. The van der Waals surface area contributed by atoms with Crippen molar-refractivity contribution >= 4 is 40.2 Å². The van der Waals surface area contributed by atoms with Crippen molar-refractivity contribution in [3.63, 3.8) is 0 Å². The van der Waals surface area contributed by atoms with Gasteiger partial charge in [0.05, 0.1) is 17.4 Å². The monoisotopic (exact) mass is 335 g/mol. The number of carbonyl (C=O) groups is 1. The zero-order valence-electron chi connectivity index (χ0n) is 12.3. The van der Waals surface area contributed by atoms with E-state index in [4.69, 9.17) is 17.3 Å². The first kappa shape index (κ1) is 15.3. The summed E-state index contributed by atoms with van der Waals surface area (Å²) in [5.74, 6) is -0.0484. The number of nitrogens with two attached hydrogens (primary N) is 1. The van der Waals surface area contributed by atoms with Gasteiger partial charge in [-0.3, -0.25) is 9.69 Å². The van der Waals surface area contributed by atoms with Crippen molar-refractivity contribution in [1.29, 1.82) is 0 Å². The zero-order chi connectivity index (χ0) is 15.7. The predicted octanol–water partition coefficient (Wildman–Crippen LogP) is 3.37. The minimum atomic E-state index is -0.205. The summed E-state index contributed by atoms with van der Waals surface area (Å²) in [6.45, 7) is 3.65. The fourth-order valence-corrected chi connectivity index (χ4v) is 3.72. The van der Waals surface area contributed by atoms with Crippen LogP contribution >= 0.6 is 22.9 Å². The number of rotatable bonds is 3. The molecule has 1 unspecified atom stereocenters. The average Bonchev–Trinajstić information content (AvgIpc) is 2.96. The van der Waals surface area contributed by atoms with Crippen LogP contribution in [0.15, 0.2) is 29.6 Å². The number of carbonyl (C=O) groups excluding carboxylic acids is 1. The van der Waals surface area contributed by atoms with Crippen LogP contribution in [0.2, 0.25) is 5.02 Å². The van der Waals surface area contributed by atoms with Crippen LogP contribution in [-0.2, 0) is 17.8 Å². The lowest BCUT2D eigenvalue weighted by Crippen LogP contribution is -2.44. The first-order valence-corrected chi connectivity index (χ1v) is 8.45. The van der Waals surface area contributed by atoms with Gasteiger partial charge in [-0.05, 0) is 48.6 Å². The normalized spacial score (nSPS) is 16.1. The second-order valence-electron chi connectivity index (χ2n) is 5.49. The highest BCUT2D eigenvalue weighted by molar-refractivity contribution is 7.10. The second kappa shape index (κ2) is 6.28. The summed E-state index contributed by atoms with van der Waals surface area (Å²) < 4.78 is 0. The Bertz CT molecular complexity index is 700. The van der Waals surface area contributed by atoms with Gasteiger partial charge in [0, 0.05) is 23.0 Å². The third-order valence-corrected chi connectivity index (χ3v) is 5.29. The molecule has 1 aromatic heterocycles. The summed E-state index contributed by atoms with van der Waals surface area (Å²) in [7, 11) is 0. The lowest BCUT2D eigenvalue weighted by atomic mass is 10.1. The number of halogens is 1. The van der Waals surface area contributed by atoms with Gasteiger partial charge in [0.15, 0.2) is 0 Å². The van der Waals surface area contributed by atoms with Gasteiger partial charge in [-0.25, -0.2) is 0 Å². The van der Waals surface area contributed by atoms with E-state index in [1.165, 1.54) is 10.4 Å². The first-order chi connectivity index (χ1) is 10.5. The van der Waals surface area contributed by atoms with E-state index in [1.807, 2.05) is 6.92 Å².